The third kappa shape index (κ3) is 1.77. The maximum Gasteiger partial charge on any atom is 0.164 e. The van der Waals surface area contributed by atoms with Gasteiger partial charge in [-0.15, -0.1) is 0 Å². The highest BCUT2D eigenvalue weighted by atomic mass is 15.3. The SMILES string of the molecule is Cn1cnc(CNC2CC2)n1. The molecule has 11 heavy (non-hydrogen) atoms. The zero-order chi connectivity index (χ0) is 7.68. The minimum absolute atomic E-state index is 0.735. The van der Waals surface area contributed by atoms with Gasteiger partial charge in [0.15, 0.2) is 5.82 Å². The molecule has 0 spiro atoms. The quantitative estimate of drug-likeness (QED) is 0.666. The molecule has 1 aliphatic rings. The van der Waals surface area contributed by atoms with Gasteiger partial charge in [-0.25, -0.2) is 4.98 Å². The molecule has 4 nitrogen and oxygen atoms in total. The van der Waals surface area contributed by atoms with Crippen LogP contribution in [0.25, 0.3) is 0 Å². The molecule has 1 fully saturated rings. The Balaban J connectivity index is 1.85. The fraction of sp³-hybridized carbons (Fsp3) is 0.714. The number of hydrogen-bond acceptors (Lipinski definition) is 3. The predicted octanol–water partition coefficient (Wildman–Crippen LogP) is 0.0671. The number of nitrogens with one attached hydrogen (secondary N) is 1. The summed E-state index contributed by atoms with van der Waals surface area (Å²) in [6.45, 7) is 0.811. The van der Waals surface area contributed by atoms with Gasteiger partial charge in [0.2, 0.25) is 0 Å². The van der Waals surface area contributed by atoms with Crippen LogP contribution in [0.3, 0.4) is 0 Å². The summed E-state index contributed by atoms with van der Waals surface area (Å²) in [6.07, 6.45) is 4.35. The zero-order valence-electron chi connectivity index (χ0n) is 6.62. The topological polar surface area (TPSA) is 42.7 Å². The van der Waals surface area contributed by atoms with E-state index >= 15 is 0 Å². The van der Waals surface area contributed by atoms with Crippen LogP contribution in [-0.2, 0) is 13.6 Å². The minimum atomic E-state index is 0.735. The first-order chi connectivity index (χ1) is 5.34. The molecule has 1 aromatic heterocycles. The second-order valence-electron chi connectivity index (χ2n) is 2.99. The lowest BCUT2D eigenvalue weighted by Crippen LogP contribution is -2.16. The summed E-state index contributed by atoms with van der Waals surface area (Å²) in [7, 11) is 1.88. The molecule has 1 saturated carbocycles. The van der Waals surface area contributed by atoms with Gasteiger partial charge in [0.05, 0.1) is 6.54 Å². The summed E-state index contributed by atoms with van der Waals surface area (Å²) >= 11 is 0. The Kier molecular flexibility index (Phi) is 1.62. The van der Waals surface area contributed by atoms with Crippen LogP contribution in [0.4, 0.5) is 0 Å². The molecule has 1 aromatic rings. The zero-order valence-corrected chi connectivity index (χ0v) is 6.62. The van der Waals surface area contributed by atoms with E-state index < -0.39 is 0 Å². The fourth-order valence-electron chi connectivity index (χ4n) is 0.988. The molecule has 0 aliphatic heterocycles. The number of rotatable bonds is 3. The first-order valence-corrected chi connectivity index (χ1v) is 3.92. The average Bonchev–Trinajstić information content (AvgIpc) is 2.72. The van der Waals surface area contributed by atoms with E-state index in [-0.39, 0.29) is 0 Å². The Morgan fingerprint density at radius 1 is 1.73 bits per heavy atom. The Hall–Kier alpha value is -0.900. The van der Waals surface area contributed by atoms with Crippen LogP contribution in [0.2, 0.25) is 0 Å². The maximum atomic E-state index is 4.15. The summed E-state index contributed by atoms with van der Waals surface area (Å²) in [5, 5.41) is 7.50. The van der Waals surface area contributed by atoms with Gasteiger partial charge in [-0.3, -0.25) is 4.68 Å². The van der Waals surface area contributed by atoms with Crippen molar-refractivity contribution in [3.63, 3.8) is 0 Å². The van der Waals surface area contributed by atoms with Crippen molar-refractivity contribution in [2.24, 2.45) is 7.05 Å². The van der Waals surface area contributed by atoms with E-state index in [9.17, 15) is 0 Å². The Labute approximate surface area is 65.6 Å². The number of hydrogen-bond donors (Lipinski definition) is 1. The van der Waals surface area contributed by atoms with Crippen LogP contribution in [0.15, 0.2) is 6.33 Å². The molecule has 1 heterocycles. The maximum absolute atomic E-state index is 4.15. The molecule has 4 heteroatoms. The molecule has 0 unspecified atom stereocenters. The van der Waals surface area contributed by atoms with Crippen LogP contribution in [0.1, 0.15) is 18.7 Å². The van der Waals surface area contributed by atoms with Crippen molar-refractivity contribution in [1.82, 2.24) is 20.1 Å². The fourth-order valence-corrected chi connectivity index (χ4v) is 0.988. The van der Waals surface area contributed by atoms with Crippen LogP contribution in [0, 0.1) is 0 Å². The van der Waals surface area contributed by atoms with Crippen molar-refractivity contribution >= 4 is 0 Å². The van der Waals surface area contributed by atoms with Gasteiger partial charge in [-0.05, 0) is 12.8 Å². The number of nitrogens with zero attached hydrogens (tertiary/aromatic N) is 3. The van der Waals surface area contributed by atoms with Crippen LogP contribution in [0.5, 0.6) is 0 Å². The standard InChI is InChI=1S/C7H12N4/c1-11-5-9-7(10-11)4-8-6-2-3-6/h5-6,8H,2-4H2,1H3. The second-order valence-corrected chi connectivity index (χ2v) is 2.99. The van der Waals surface area contributed by atoms with Gasteiger partial charge >= 0.3 is 0 Å². The third-order valence-corrected chi connectivity index (χ3v) is 1.77. The van der Waals surface area contributed by atoms with Crippen molar-refractivity contribution in [1.29, 1.82) is 0 Å². The van der Waals surface area contributed by atoms with E-state index in [0.29, 0.717) is 0 Å². The molecule has 1 aliphatic carbocycles. The lowest BCUT2D eigenvalue weighted by Gasteiger charge is -1.95. The highest BCUT2D eigenvalue weighted by Gasteiger charge is 2.20. The van der Waals surface area contributed by atoms with E-state index in [4.69, 9.17) is 0 Å². The minimum Gasteiger partial charge on any atom is -0.307 e. The predicted molar refractivity (Wildman–Crippen MR) is 40.9 cm³/mol. The van der Waals surface area contributed by atoms with Crippen LogP contribution >= 0.6 is 0 Å². The highest BCUT2D eigenvalue weighted by Crippen LogP contribution is 2.18. The molecule has 0 aromatic carbocycles. The van der Waals surface area contributed by atoms with Gasteiger partial charge in [0.25, 0.3) is 0 Å². The molecule has 0 radical (unpaired) electrons. The summed E-state index contributed by atoms with van der Waals surface area (Å²) in [4.78, 5) is 4.10. The normalized spacial score (nSPS) is 17.2. The van der Waals surface area contributed by atoms with Gasteiger partial charge in [-0.2, -0.15) is 5.10 Å². The summed E-state index contributed by atoms with van der Waals surface area (Å²) in [5.74, 6) is 0.888. The molecule has 0 atom stereocenters. The molecule has 60 valence electrons. The van der Waals surface area contributed by atoms with E-state index in [1.54, 1.807) is 11.0 Å². The Morgan fingerprint density at radius 2 is 2.55 bits per heavy atom. The van der Waals surface area contributed by atoms with Crippen molar-refractivity contribution in [3.05, 3.63) is 12.2 Å². The lowest BCUT2D eigenvalue weighted by molar-refractivity contribution is 0.645. The van der Waals surface area contributed by atoms with Crippen LogP contribution in [-0.4, -0.2) is 20.8 Å². The van der Waals surface area contributed by atoms with Gasteiger partial charge < -0.3 is 5.32 Å². The summed E-state index contributed by atoms with van der Waals surface area (Å²) in [6, 6.07) is 0.735. The van der Waals surface area contributed by atoms with E-state index in [0.717, 1.165) is 18.4 Å². The first kappa shape index (κ1) is 6.79. The molecule has 0 saturated heterocycles. The highest BCUT2D eigenvalue weighted by molar-refractivity contribution is 4.86. The molecular formula is C7H12N4. The van der Waals surface area contributed by atoms with Crippen molar-refractivity contribution in [2.45, 2.75) is 25.4 Å². The van der Waals surface area contributed by atoms with E-state index in [2.05, 4.69) is 15.4 Å². The molecular weight excluding hydrogens is 140 g/mol. The molecule has 2 rings (SSSR count). The average molecular weight is 152 g/mol. The number of aryl methyl sites for hydroxylation is 1. The van der Waals surface area contributed by atoms with E-state index in [1.165, 1.54) is 12.8 Å². The molecule has 1 N–H and O–H groups in total. The van der Waals surface area contributed by atoms with Crippen molar-refractivity contribution < 1.29 is 0 Å². The lowest BCUT2D eigenvalue weighted by atomic mass is 10.5. The van der Waals surface area contributed by atoms with Crippen molar-refractivity contribution in [2.75, 3.05) is 0 Å². The van der Waals surface area contributed by atoms with Gasteiger partial charge in [-0.1, -0.05) is 0 Å². The second kappa shape index (κ2) is 2.62. The Bertz CT molecular complexity index is 238. The van der Waals surface area contributed by atoms with Crippen LogP contribution < -0.4 is 5.32 Å². The van der Waals surface area contributed by atoms with E-state index in [1.807, 2.05) is 7.05 Å². The number of aromatic nitrogens is 3. The largest absolute Gasteiger partial charge is 0.307 e. The molecule has 0 bridgehead atoms. The monoisotopic (exact) mass is 152 g/mol. The third-order valence-electron chi connectivity index (χ3n) is 1.77. The first-order valence-electron chi connectivity index (χ1n) is 3.92. The van der Waals surface area contributed by atoms with Gasteiger partial charge in [0.1, 0.15) is 6.33 Å². The Morgan fingerprint density at radius 3 is 3.09 bits per heavy atom. The summed E-state index contributed by atoms with van der Waals surface area (Å²) < 4.78 is 1.73. The smallest absolute Gasteiger partial charge is 0.164 e. The van der Waals surface area contributed by atoms with Crippen molar-refractivity contribution in [3.8, 4) is 0 Å². The van der Waals surface area contributed by atoms with Gasteiger partial charge in [0, 0.05) is 13.1 Å². The molecule has 0 amide bonds. The summed E-state index contributed by atoms with van der Waals surface area (Å²) in [5.41, 5.74) is 0.